The molecule has 1 atom stereocenters. The zero-order chi connectivity index (χ0) is 28.0. The number of anilines is 1. The van der Waals surface area contributed by atoms with E-state index >= 15 is 0 Å². The summed E-state index contributed by atoms with van der Waals surface area (Å²) in [7, 11) is -8.24. The molecule has 1 unspecified atom stereocenters. The number of imide groups is 1. The first kappa shape index (κ1) is 27.6. The number of amides is 2. The largest absolute Gasteiger partial charge is 0.274 e. The Bertz CT molecular complexity index is 1610. The molecule has 2 aromatic carbocycles. The summed E-state index contributed by atoms with van der Waals surface area (Å²) in [6, 6.07) is 8.90. The third kappa shape index (κ3) is 4.99. The second-order valence-corrected chi connectivity index (χ2v) is 12.7. The summed E-state index contributed by atoms with van der Waals surface area (Å²) in [5, 5.41) is 5.14. The van der Waals surface area contributed by atoms with E-state index in [2.05, 4.69) is 4.98 Å². The second kappa shape index (κ2) is 10.0. The SMILES string of the molecule is Cc1cc(C)c(C)c(S(=O)(=O)N(Cc2cccnc2)C2CC(=O)N(c3ccc(S(N)(=O)=O)cc3)C2=O)c1C. The number of aromatic nitrogens is 1. The molecule has 1 aliphatic rings. The van der Waals surface area contributed by atoms with Gasteiger partial charge in [-0.2, -0.15) is 4.31 Å². The predicted molar refractivity (Wildman–Crippen MR) is 141 cm³/mol. The molecule has 38 heavy (non-hydrogen) atoms. The average Bonchev–Trinajstić information content (AvgIpc) is 3.14. The second-order valence-electron chi connectivity index (χ2n) is 9.33. The topological polar surface area (TPSA) is 148 Å². The highest BCUT2D eigenvalue weighted by atomic mass is 32.2. The van der Waals surface area contributed by atoms with E-state index in [1.54, 1.807) is 32.2 Å². The van der Waals surface area contributed by atoms with Crippen molar-refractivity contribution < 1.29 is 26.4 Å². The third-order valence-corrected chi connectivity index (χ3v) is 9.88. The summed E-state index contributed by atoms with van der Waals surface area (Å²) in [4.78, 5) is 31.6. The monoisotopic (exact) mass is 556 g/mol. The molecule has 4 rings (SSSR count). The molecule has 1 saturated heterocycles. The van der Waals surface area contributed by atoms with Crippen molar-refractivity contribution in [2.24, 2.45) is 5.14 Å². The van der Waals surface area contributed by atoms with Gasteiger partial charge in [0.1, 0.15) is 6.04 Å². The minimum atomic E-state index is -4.27. The molecule has 2 amide bonds. The van der Waals surface area contributed by atoms with Crippen molar-refractivity contribution in [3.05, 3.63) is 82.7 Å². The Balaban J connectivity index is 1.81. The van der Waals surface area contributed by atoms with Crippen LogP contribution < -0.4 is 10.0 Å². The zero-order valence-corrected chi connectivity index (χ0v) is 23.0. The summed E-state index contributed by atoms with van der Waals surface area (Å²) < 4.78 is 52.8. The summed E-state index contributed by atoms with van der Waals surface area (Å²) in [6.07, 6.45) is 2.69. The van der Waals surface area contributed by atoms with Crippen LogP contribution in [-0.2, 0) is 36.2 Å². The van der Waals surface area contributed by atoms with Crippen molar-refractivity contribution in [1.29, 1.82) is 0 Å². The van der Waals surface area contributed by atoms with Crippen molar-refractivity contribution in [2.75, 3.05) is 4.90 Å². The van der Waals surface area contributed by atoms with Crippen LogP contribution in [0.3, 0.4) is 0 Å². The summed E-state index contributed by atoms with van der Waals surface area (Å²) >= 11 is 0. The van der Waals surface area contributed by atoms with Gasteiger partial charge >= 0.3 is 0 Å². The number of nitrogens with zero attached hydrogens (tertiary/aromatic N) is 3. The van der Waals surface area contributed by atoms with E-state index in [1.165, 1.54) is 30.5 Å². The van der Waals surface area contributed by atoms with Crippen molar-refractivity contribution >= 4 is 37.5 Å². The van der Waals surface area contributed by atoms with Crippen LogP contribution in [0.2, 0.25) is 0 Å². The minimum Gasteiger partial charge on any atom is -0.274 e. The summed E-state index contributed by atoms with van der Waals surface area (Å²) in [5.41, 5.74) is 3.38. The van der Waals surface area contributed by atoms with Crippen LogP contribution in [0.5, 0.6) is 0 Å². The molecule has 2 heterocycles. The minimum absolute atomic E-state index is 0.107. The standard InChI is InChI=1S/C26H28N4O6S2/c1-16-12-17(2)19(4)25(18(16)3)38(35,36)29(15-20-6-5-11-28-14-20)23-13-24(31)30(26(23)32)21-7-9-22(10-8-21)37(27,33)34/h5-12,14,23H,13,15H2,1-4H3,(H2,27,33,34). The fourth-order valence-electron chi connectivity index (χ4n) is 4.62. The van der Waals surface area contributed by atoms with Crippen LogP contribution in [0.15, 0.2) is 64.6 Å². The maximum Gasteiger partial charge on any atom is 0.252 e. The van der Waals surface area contributed by atoms with Crippen molar-refractivity contribution in [3.8, 4) is 0 Å². The lowest BCUT2D eigenvalue weighted by atomic mass is 10.0. The molecule has 10 nitrogen and oxygen atoms in total. The van der Waals surface area contributed by atoms with Gasteiger partial charge in [-0.25, -0.2) is 26.9 Å². The number of carbonyl (C=O) groups is 2. The predicted octanol–water partition coefficient (Wildman–Crippen LogP) is 2.49. The molecule has 1 aliphatic heterocycles. The van der Waals surface area contributed by atoms with Crippen LogP contribution in [0.1, 0.15) is 34.2 Å². The van der Waals surface area contributed by atoms with E-state index in [-0.39, 0.29) is 28.4 Å². The molecule has 12 heteroatoms. The lowest BCUT2D eigenvalue weighted by molar-refractivity contribution is -0.122. The van der Waals surface area contributed by atoms with E-state index in [4.69, 9.17) is 5.14 Å². The number of hydrogen-bond donors (Lipinski definition) is 1. The van der Waals surface area contributed by atoms with Crippen molar-refractivity contribution in [1.82, 2.24) is 9.29 Å². The maximum atomic E-state index is 14.3. The molecule has 0 bridgehead atoms. The average molecular weight is 557 g/mol. The van der Waals surface area contributed by atoms with Crippen LogP contribution >= 0.6 is 0 Å². The summed E-state index contributed by atoms with van der Waals surface area (Å²) in [6.45, 7) is 6.91. The number of carbonyl (C=O) groups excluding carboxylic acids is 2. The molecule has 200 valence electrons. The van der Waals surface area contributed by atoms with Gasteiger partial charge in [0.25, 0.3) is 5.91 Å². The number of sulfonamides is 2. The Kier molecular flexibility index (Phi) is 7.28. The fourth-order valence-corrected chi connectivity index (χ4v) is 7.28. The number of pyridine rings is 1. The molecular weight excluding hydrogens is 528 g/mol. The fraction of sp³-hybridized carbons (Fsp3) is 0.269. The zero-order valence-electron chi connectivity index (χ0n) is 21.4. The van der Waals surface area contributed by atoms with Gasteiger partial charge in [0.05, 0.1) is 21.9 Å². The van der Waals surface area contributed by atoms with Crippen LogP contribution in [-0.4, -0.2) is 44.0 Å². The van der Waals surface area contributed by atoms with Gasteiger partial charge in [-0.3, -0.25) is 14.6 Å². The Morgan fingerprint density at radius 1 is 0.974 bits per heavy atom. The van der Waals surface area contributed by atoms with E-state index in [0.717, 1.165) is 20.3 Å². The van der Waals surface area contributed by atoms with Gasteiger partial charge in [0, 0.05) is 18.9 Å². The van der Waals surface area contributed by atoms with Crippen LogP contribution in [0.4, 0.5) is 5.69 Å². The van der Waals surface area contributed by atoms with E-state index < -0.39 is 37.9 Å². The molecule has 1 fully saturated rings. The van der Waals surface area contributed by atoms with Crippen LogP contribution in [0.25, 0.3) is 0 Å². The number of nitrogens with two attached hydrogens (primary N) is 1. The highest BCUT2D eigenvalue weighted by molar-refractivity contribution is 7.89. The number of hydrogen-bond acceptors (Lipinski definition) is 7. The first-order valence-corrected chi connectivity index (χ1v) is 14.7. The Hall–Kier alpha value is -3.45. The first-order chi connectivity index (χ1) is 17.7. The molecule has 3 aromatic rings. The highest BCUT2D eigenvalue weighted by Gasteiger charge is 2.47. The molecule has 1 aromatic heterocycles. The molecule has 0 spiro atoms. The van der Waals surface area contributed by atoms with Gasteiger partial charge in [-0.1, -0.05) is 12.1 Å². The third-order valence-electron chi connectivity index (χ3n) is 6.82. The van der Waals surface area contributed by atoms with Gasteiger partial charge in [0.15, 0.2) is 0 Å². The molecule has 0 saturated carbocycles. The van der Waals surface area contributed by atoms with Crippen molar-refractivity contribution in [3.63, 3.8) is 0 Å². The Morgan fingerprint density at radius 2 is 1.58 bits per heavy atom. The maximum absolute atomic E-state index is 14.3. The quantitative estimate of drug-likeness (QED) is 0.440. The van der Waals surface area contributed by atoms with E-state index in [0.29, 0.717) is 16.7 Å². The smallest absolute Gasteiger partial charge is 0.252 e. The van der Waals surface area contributed by atoms with E-state index in [1.807, 2.05) is 19.9 Å². The summed E-state index contributed by atoms with van der Waals surface area (Å²) in [5.74, 6) is -1.34. The molecule has 2 N–H and O–H groups in total. The van der Waals surface area contributed by atoms with Gasteiger partial charge in [0.2, 0.25) is 26.0 Å². The van der Waals surface area contributed by atoms with Crippen LogP contribution in [0, 0.1) is 27.7 Å². The lowest BCUT2D eigenvalue weighted by Gasteiger charge is -2.29. The number of rotatable bonds is 7. The first-order valence-electron chi connectivity index (χ1n) is 11.7. The number of primary sulfonamides is 1. The highest BCUT2D eigenvalue weighted by Crippen LogP contribution is 2.34. The molecule has 0 aliphatic carbocycles. The van der Waals surface area contributed by atoms with Gasteiger partial charge < -0.3 is 0 Å². The lowest BCUT2D eigenvalue weighted by Crippen LogP contribution is -2.45. The molecular formula is C26H28N4O6S2. The van der Waals surface area contributed by atoms with Gasteiger partial charge in [-0.05, 0) is 85.8 Å². The molecule has 0 radical (unpaired) electrons. The number of benzene rings is 2. The van der Waals surface area contributed by atoms with Crippen molar-refractivity contribution in [2.45, 2.75) is 56.5 Å². The van der Waals surface area contributed by atoms with E-state index in [9.17, 15) is 26.4 Å². The Morgan fingerprint density at radius 3 is 2.11 bits per heavy atom. The number of aryl methyl sites for hydroxylation is 2. The van der Waals surface area contributed by atoms with Gasteiger partial charge in [-0.15, -0.1) is 0 Å². The normalized spacial score (nSPS) is 16.5. The Labute approximate surface area is 222 Å².